The molecule has 128 valence electrons. The van der Waals surface area contributed by atoms with Gasteiger partial charge in [-0.2, -0.15) is 0 Å². The lowest BCUT2D eigenvalue weighted by Gasteiger charge is -2.22. The molecular weight excluding hydrogens is 309 g/mol. The van der Waals surface area contributed by atoms with Crippen molar-refractivity contribution in [2.45, 2.75) is 44.9 Å². The normalized spacial score (nSPS) is 20.6. The molecular formula is C21H23F3. The second-order valence-corrected chi connectivity index (χ2v) is 6.31. The molecule has 2 rings (SSSR count). The molecule has 0 amide bonds. The average Bonchev–Trinajstić information content (AvgIpc) is 2.56. The molecule has 1 aliphatic rings. The van der Waals surface area contributed by atoms with Gasteiger partial charge in [0.15, 0.2) is 0 Å². The van der Waals surface area contributed by atoms with Gasteiger partial charge in [0.25, 0.3) is 0 Å². The summed E-state index contributed by atoms with van der Waals surface area (Å²) in [5.74, 6) is 4.88. The Labute approximate surface area is 142 Å². The van der Waals surface area contributed by atoms with Crippen molar-refractivity contribution in [3.05, 3.63) is 60.0 Å². The minimum Gasteiger partial charge on any atom is -0.216 e. The first-order chi connectivity index (χ1) is 11.6. The van der Waals surface area contributed by atoms with Gasteiger partial charge in [-0.25, -0.2) is 13.2 Å². The molecule has 0 unspecified atom stereocenters. The summed E-state index contributed by atoms with van der Waals surface area (Å²) >= 11 is 0. The summed E-state index contributed by atoms with van der Waals surface area (Å²) in [5.41, 5.74) is 0.504. The molecule has 1 saturated carbocycles. The van der Waals surface area contributed by atoms with Gasteiger partial charge in [-0.15, -0.1) is 6.58 Å². The quantitative estimate of drug-likeness (QED) is 0.346. The van der Waals surface area contributed by atoms with Crippen molar-refractivity contribution in [1.29, 1.82) is 0 Å². The zero-order valence-electron chi connectivity index (χ0n) is 13.8. The highest BCUT2D eigenvalue weighted by atomic mass is 19.1. The fourth-order valence-electron chi connectivity index (χ4n) is 3.07. The molecule has 24 heavy (non-hydrogen) atoms. The van der Waals surface area contributed by atoms with Crippen LogP contribution in [0.4, 0.5) is 13.2 Å². The van der Waals surface area contributed by atoms with Gasteiger partial charge in [0.05, 0.1) is 11.9 Å². The lowest BCUT2D eigenvalue weighted by atomic mass is 9.82. The van der Waals surface area contributed by atoms with E-state index in [4.69, 9.17) is 0 Å². The fourth-order valence-corrected chi connectivity index (χ4v) is 3.07. The molecule has 0 bridgehead atoms. The first-order valence-corrected chi connectivity index (χ1v) is 8.51. The smallest absolute Gasteiger partial charge is 0.142 e. The highest BCUT2D eigenvalue weighted by Gasteiger charge is 2.18. The number of aryl methyl sites for hydroxylation is 1. The first-order valence-electron chi connectivity index (χ1n) is 8.51. The minimum atomic E-state index is -0.592. The molecule has 0 aromatic heterocycles. The van der Waals surface area contributed by atoms with Gasteiger partial charge in [-0.05, 0) is 68.6 Å². The van der Waals surface area contributed by atoms with E-state index in [1.807, 2.05) is 0 Å². The maximum absolute atomic E-state index is 14.1. The van der Waals surface area contributed by atoms with Crippen LogP contribution in [0.25, 0.3) is 0 Å². The second-order valence-electron chi connectivity index (χ2n) is 6.31. The van der Waals surface area contributed by atoms with Crippen LogP contribution in [0.1, 0.15) is 49.7 Å². The predicted octanol–water partition coefficient (Wildman–Crippen LogP) is 6.11. The zero-order valence-corrected chi connectivity index (χ0v) is 13.8. The van der Waals surface area contributed by atoms with Crippen LogP contribution in [0.15, 0.2) is 37.2 Å². The highest BCUT2D eigenvalue weighted by molar-refractivity contribution is 5.39. The lowest BCUT2D eigenvalue weighted by molar-refractivity contribution is 0.362. The Kier molecular flexibility index (Phi) is 7.18. The van der Waals surface area contributed by atoms with Crippen LogP contribution in [0.3, 0.4) is 0 Å². The van der Waals surface area contributed by atoms with Gasteiger partial charge in [0, 0.05) is 5.92 Å². The van der Waals surface area contributed by atoms with Gasteiger partial charge in [-0.1, -0.05) is 24.0 Å². The van der Waals surface area contributed by atoms with E-state index >= 15 is 0 Å². The van der Waals surface area contributed by atoms with Crippen molar-refractivity contribution in [3.63, 3.8) is 0 Å². The standard InChI is InChI=1S/C21H23F3/c1-2-3-4-5-18-14-20(23)19(21(24)15-18)11-10-16-6-8-17(9-7-16)12-13-22/h2,12-17H,1,3-9H2/t16-,17-. The Morgan fingerprint density at radius 3 is 2.38 bits per heavy atom. The molecule has 0 aliphatic heterocycles. The number of unbranched alkanes of at least 4 members (excludes halogenated alkanes) is 1. The molecule has 1 fully saturated rings. The third-order valence-corrected chi connectivity index (χ3v) is 4.49. The van der Waals surface area contributed by atoms with Crippen LogP contribution < -0.4 is 0 Å². The van der Waals surface area contributed by atoms with Gasteiger partial charge < -0.3 is 0 Å². The summed E-state index contributed by atoms with van der Waals surface area (Å²) in [6, 6.07) is 2.75. The number of rotatable bonds is 5. The van der Waals surface area contributed by atoms with Gasteiger partial charge in [0.1, 0.15) is 11.6 Å². The molecule has 1 aliphatic carbocycles. The van der Waals surface area contributed by atoms with Crippen molar-refractivity contribution in [2.75, 3.05) is 0 Å². The molecule has 0 saturated heterocycles. The Morgan fingerprint density at radius 2 is 1.79 bits per heavy atom. The molecule has 1 aromatic rings. The topological polar surface area (TPSA) is 0 Å². The molecule has 0 spiro atoms. The van der Waals surface area contributed by atoms with Crippen LogP contribution in [0.5, 0.6) is 0 Å². The van der Waals surface area contributed by atoms with Crippen LogP contribution >= 0.6 is 0 Å². The molecule has 0 heterocycles. The van der Waals surface area contributed by atoms with Crippen LogP contribution in [0, 0.1) is 35.3 Å². The van der Waals surface area contributed by atoms with E-state index in [0.29, 0.717) is 18.3 Å². The number of allylic oxidation sites excluding steroid dienone is 2. The zero-order chi connectivity index (χ0) is 17.4. The monoisotopic (exact) mass is 332 g/mol. The molecule has 0 N–H and O–H groups in total. The SMILES string of the molecule is C=CCCCc1cc(F)c(C#C[C@H]2CC[C@H](C=CF)CC2)c(F)c1. The van der Waals surface area contributed by atoms with E-state index in [9.17, 15) is 13.2 Å². The van der Waals surface area contributed by atoms with Gasteiger partial charge in [0.2, 0.25) is 0 Å². The average molecular weight is 332 g/mol. The van der Waals surface area contributed by atoms with Crippen molar-refractivity contribution < 1.29 is 13.2 Å². The van der Waals surface area contributed by atoms with E-state index in [2.05, 4.69) is 18.4 Å². The Bertz CT molecular complexity index is 618. The van der Waals surface area contributed by atoms with Crippen LogP contribution in [0.2, 0.25) is 0 Å². The molecule has 0 nitrogen and oxygen atoms in total. The first kappa shape index (κ1) is 18.4. The van der Waals surface area contributed by atoms with Gasteiger partial charge >= 0.3 is 0 Å². The summed E-state index contributed by atoms with van der Waals surface area (Å²) in [7, 11) is 0. The fraction of sp³-hybridized carbons (Fsp3) is 0.429. The maximum Gasteiger partial charge on any atom is 0.142 e. The maximum atomic E-state index is 14.1. The van der Waals surface area contributed by atoms with Crippen molar-refractivity contribution in [2.24, 2.45) is 11.8 Å². The number of benzene rings is 1. The summed E-state index contributed by atoms with van der Waals surface area (Å²) in [6.07, 6.45) is 9.65. The Morgan fingerprint density at radius 1 is 1.12 bits per heavy atom. The third kappa shape index (κ3) is 5.30. The largest absolute Gasteiger partial charge is 0.216 e. The predicted molar refractivity (Wildman–Crippen MR) is 92.1 cm³/mol. The second kappa shape index (κ2) is 9.37. The third-order valence-electron chi connectivity index (χ3n) is 4.49. The van der Waals surface area contributed by atoms with E-state index in [1.165, 1.54) is 12.1 Å². The van der Waals surface area contributed by atoms with E-state index in [-0.39, 0.29) is 17.4 Å². The van der Waals surface area contributed by atoms with Gasteiger partial charge in [-0.3, -0.25) is 0 Å². The van der Waals surface area contributed by atoms with Crippen LogP contribution in [-0.4, -0.2) is 0 Å². The number of hydrogen-bond acceptors (Lipinski definition) is 0. The van der Waals surface area contributed by atoms with Crippen LogP contribution in [-0.2, 0) is 6.42 Å². The summed E-state index contributed by atoms with van der Waals surface area (Å²) in [6.45, 7) is 3.64. The highest BCUT2D eigenvalue weighted by Crippen LogP contribution is 2.29. The summed E-state index contributed by atoms with van der Waals surface area (Å²) in [4.78, 5) is 0. The molecule has 1 aromatic carbocycles. The Balaban J connectivity index is 2.02. The molecule has 0 atom stereocenters. The number of halogens is 3. The molecule has 0 radical (unpaired) electrons. The van der Waals surface area contributed by atoms with E-state index in [0.717, 1.165) is 38.5 Å². The van der Waals surface area contributed by atoms with Crippen molar-refractivity contribution >= 4 is 0 Å². The van der Waals surface area contributed by atoms with E-state index in [1.54, 1.807) is 12.2 Å². The summed E-state index contributed by atoms with van der Waals surface area (Å²) < 4.78 is 40.4. The van der Waals surface area contributed by atoms with E-state index < -0.39 is 11.6 Å². The lowest BCUT2D eigenvalue weighted by Crippen LogP contribution is -2.11. The number of hydrogen-bond donors (Lipinski definition) is 0. The summed E-state index contributed by atoms with van der Waals surface area (Å²) in [5, 5.41) is 0. The van der Waals surface area contributed by atoms with Crippen molar-refractivity contribution in [3.8, 4) is 11.8 Å². The minimum absolute atomic E-state index is 0.125. The molecule has 3 heteroatoms. The van der Waals surface area contributed by atoms with Crippen molar-refractivity contribution in [1.82, 2.24) is 0 Å². The Hall–Kier alpha value is -1.95.